The van der Waals surface area contributed by atoms with Crippen molar-refractivity contribution in [3.8, 4) is 0 Å². The van der Waals surface area contributed by atoms with Crippen LogP contribution in [0.2, 0.25) is 0 Å². The lowest BCUT2D eigenvalue weighted by Crippen LogP contribution is -2.11. The molecular weight excluding hydrogens is 244 g/mol. The largest absolute Gasteiger partial charge is 0.326 e. The molecule has 1 aromatic rings. The van der Waals surface area contributed by atoms with Crippen molar-refractivity contribution in [3.05, 3.63) is 33.9 Å². The Morgan fingerprint density at radius 3 is 2.76 bits per heavy atom. The lowest BCUT2D eigenvalue weighted by atomic mass is 10.2. The fourth-order valence-electron chi connectivity index (χ4n) is 1.39. The second-order valence-corrected chi connectivity index (χ2v) is 3.98. The minimum Gasteiger partial charge on any atom is -0.326 e. The van der Waals surface area contributed by atoms with Crippen LogP contribution in [0.3, 0.4) is 0 Å². The number of aryl methyl sites for hydroxylation is 1. The number of benzene rings is 1. The smallest absolute Gasteiger partial charge is 0.272 e. The van der Waals surface area contributed by atoms with Crippen LogP contribution < -0.4 is 5.32 Å². The number of anilines is 1. The van der Waals surface area contributed by atoms with Crippen LogP contribution in [-0.2, 0) is 4.79 Å². The molecule has 0 saturated heterocycles. The van der Waals surface area contributed by atoms with Crippen LogP contribution in [0.5, 0.6) is 0 Å². The van der Waals surface area contributed by atoms with Gasteiger partial charge in [-0.15, -0.1) is 11.6 Å². The van der Waals surface area contributed by atoms with E-state index in [0.717, 1.165) is 0 Å². The highest BCUT2D eigenvalue weighted by Crippen LogP contribution is 2.21. The van der Waals surface area contributed by atoms with E-state index in [1.165, 1.54) is 12.1 Å². The Morgan fingerprint density at radius 1 is 1.53 bits per heavy atom. The minimum absolute atomic E-state index is 0.0451. The van der Waals surface area contributed by atoms with Crippen molar-refractivity contribution in [1.82, 2.24) is 0 Å². The zero-order chi connectivity index (χ0) is 12.8. The molecule has 0 heterocycles. The summed E-state index contributed by atoms with van der Waals surface area (Å²) >= 11 is 5.47. The van der Waals surface area contributed by atoms with E-state index in [4.69, 9.17) is 11.6 Å². The molecule has 1 aromatic carbocycles. The van der Waals surface area contributed by atoms with Crippen LogP contribution >= 0.6 is 11.6 Å². The Balaban J connectivity index is 2.70. The SMILES string of the molecule is Cc1cc(NC(=O)CCCCl)ccc1[N+](=O)[O-]. The van der Waals surface area contributed by atoms with Crippen molar-refractivity contribution >= 4 is 28.9 Å². The van der Waals surface area contributed by atoms with Crippen LogP contribution in [0.25, 0.3) is 0 Å². The zero-order valence-electron chi connectivity index (χ0n) is 9.40. The first-order chi connectivity index (χ1) is 8.04. The molecule has 1 amide bonds. The molecule has 0 atom stereocenters. The molecule has 0 spiro atoms. The highest BCUT2D eigenvalue weighted by molar-refractivity contribution is 6.18. The van der Waals surface area contributed by atoms with E-state index in [-0.39, 0.29) is 11.6 Å². The Labute approximate surface area is 104 Å². The molecule has 6 heteroatoms. The molecule has 1 rings (SSSR count). The summed E-state index contributed by atoms with van der Waals surface area (Å²) in [5.41, 5.74) is 1.13. The summed E-state index contributed by atoms with van der Waals surface area (Å²) in [7, 11) is 0. The van der Waals surface area contributed by atoms with Crippen molar-refractivity contribution in [2.75, 3.05) is 11.2 Å². The maximum Gasteiger partial charge on any atom is 0.272 e. The van der Waals surface area contributed by atoms with E-state index < -0.39 is 4.92 Å². The van der Waals surface area contributed by atoms with Crippen LogP contribution in [0.15, 0.2) is 18.2 Å². The molecule has 5 nitrogen and oxygen atoms in total. The molecule has 17 heavy (non-hydrogen) atoms. The Hall–Kier alpha value is -1.62. The van der Waals surface area contributed by atoms with E-state index in [1.54, 1.807) is 13.0 Å². The number of hydrogen-bond acceptors (Lipinski definition) is 3. The molecule has 0 aliphatic heterocycles. The molecule has 0 bridgehead atoms. The number of nitrogens with zero attached hydrogens (tertiary/aromatic N) is 1. The van der Waals surface area contributed by atoms with E-state index in [0.29, 0.717) is 30.0 Å². The molecule has 0 radical (unpaired) electrons. The number of nitrogens with one attached hydrogen (secondary N) is 1. The number of alkyl halides is 1. The molecule has 1 N–H and O–H groups in total. The van der Waals surface area contributed by atoms with Gasteiger partial charge in [-0.1, -0.05) is 0 Å². The number of carbonyl (C=O) groups excluding carboxylic acids is 1. The number of nitro groups is 1. The van der Waals surface area contributed by atoms with E-state index >= 15 is 0 Å². The average molecular weight is 257 g/mol. The molecule has 0 aromatic heterocycles. The summed E-state index contributed by atoms with van der Waals surface area (Å²) in [5.74, 6) is 0.297. The van der Waals surface area contributed by atoms with Gasteiger partial charge in [0, 0.05) is 29.6 Å². The van der Waals surface area contributed by atoms with Crippen LogP contribution in [-0.4, -0.2) is 16.7 Å². The van der Waals surface area contributed by atoms with Gasteiger partial charge in [0.25, 0.3) is 5.69 Å². The molecule has 0 aliphatic rings. The zero-order valence-corrected chi connectivity index (χ0v) is 10.2. The van der Waals surface area contributed by atoms with Crippen LogP contribution in [0, 0.1) is 17.0 Å². The standard InChI is InChI=1S/C11H13ClN2O3/c1-8-7-9(4-5-10(8)14(16)17)13-11(15)3-2-6-12/h4-5,7H,2-3,6H2,1H3,(H,13,15). The third-order valence-electron chi connectivity index (χ3n) is 2.21. The summed E-state index contributed by atoms with van der Waals surface area (Å²) < 4.78 is 0. The predicted octanol–water partition coefficient (Wildman–Crippen LogP) is 2.86. The first-order valence-electron chi connectivity index (χ1n) is 5.15. The van der Waals surface area contributed by atoms with Gasteiger partial charge in [-0.05, 0) is 25.5 Å². The van der Waals surface area contributed by atoms with Crippen molar-refractivity contribution in [2.24, 2.45) is 0 Å². The lowest BCUT2D eigenvalue weighted by molar-refractivity contribution is -0.385. The average Bonchev–Trinajstić information content (AvgIpc) is 2.26. The molecule has 0 aliphatic carbocycles. The second kappa shape index (κ2) is 6.20. The van der Waals surface area contributed by atoms with Gasteiger partial charge in [0.15, 0.2) is 0 Å². The van der Waals surface area contributed by atoms with Gasteiger partial charge in [0.2, 0.25) is 5.91 Å². The first kappa shape index (κ1) is 13.4. The lowest BCUT2D eigenvalue weighted by Gasteiger charge is -2.05. The Morgan fingerprint density at radius 2 is 2.24 bits per heavy atom. The third-order valence-corrected chi connectivity index (χ3v) is 2.48. The predicted molar refractivity (Wildman–Crippen MR) is 66.4 cm³/mol. The maximum absolute atomic E-state index is 11.4. The van der Waals surface area contributed by atoms with E-state index in [1.807, 2.05) is 0 Å². The normalized spacial score (nSPS) is 10.0. The van der Waals surface area contributed by atoms with Gasteiger partial charge < -0.3 is 5.32 Å². The van der Waals surface area contributed by atoms with Crippen molar-refractivity contribution < 1.29 is 9.72 Å². The first-order valence-corrected chi connectivity index (χ1v) is 5.69. The molecule has 0 unspecified atom stereocenters. The molecule has 0 fully saturated rings. The fraction of sp³-hybridized carbons (Fsp3) is 0.364. The van der Waals surface area contributed by atoms with Gasteiger partial charge >= 0.3 is 0 Å². The summed E-state index contributed by atoms with van der Waals surface area (Å²) in [6.07, 6.45) is 0.957. The van der Waals surface area contributed by atoms with Crippen LogP contribution in [0.4, 0.5) is 11.4 Å². The van der Waals surface area contributed by atoms with Gasteiger partial charge in [0.05, 0.1) is 4.92 Å². The van der Waals surface area contributed by atoms with Crippen molar-refractivity contribution in [2.45, 2.75) is 19.8 Å². The maximum atomic E-state index is 11.4. The molecule has 92 valence electrons. The molecular formula is C11H13ClN2O3. The monoisotopic (exact) mass is 256 g/mol. The van der Waals surface area contributed by atoms with Gasteiger partial charge in [-0.3, -0.25) is 14.9 Å². The Kier molecular flexibility index (Phi) is 4.90. The summed E-state index contributed by atoms with van der Waals surface area (Å²) in [6, 6.07) is 4.48. The topological polar surface area (TPSA) is 72.2 Å². The second-order valence-electron chi connectivity index (χ2n) is 3.60. The van der Waals surface area contributed by atoms with Crippen LogP contribution in [0.1, 0.15) is 18.4 Å². The number of nitro benzene ring substituents is 1. The summed E-state index contributed by atoms with van der Waals surface area (Å²) in [5, 5.41) is 13.3. The summed E-state index contributed by atoms with van der Waals surface area (Å²) in [6.45, 7) is 1.63. The third kappa shape index (κ3) is 4.03. The number of hydrogen-bond donors (Lipinski definition) is 1. The highest BCUT2D eigenvalue weighted by Gasteiger charge is 2.11. The van der Waals surface area contributed by atoms with E-state index in [9.17, 15) is 14.9 Å². The summed E-state index contributed by atoms with van der Waals surface area (Å²) in [4.78, 5) is 21.5. The molecule has 0 saturated carbocycles. The van der Waals surface area contributed by atoms with E-state index in [2.05, 4.69) is 5.32 Å². The number of rotatable bonds is 5. The minimum atomic E-state index is -0.450. The van der Waals surface area contributed by atoms with Crippen molar-refractivity contribution in [3.63, 3.8) is 0 Å². The van der Waals surface area contributed by atoms with Gasteiger partial charge in [-0.2, -0.15) is 0 Å². The van der Waals surface area contributed by atoms with Crippen molar-refractivity contribution in [1.29, 1.82) is 0 Å². The number of amides is 1. The number of halogens is 1. The Bertz CT molecular complexity index is 435. The quantitative estimate of drug-likeness (QED) is 0.500. The fourth-order valence-corrected chi connectivity index (χ4v) is 1.52. The highest BCUT2D eigenvalue weighted by atomic mass is 35.5. The van der Waals surface area contributed by atoms with Gasteiger partial charge in [-0.25, -0.2) is 0 Å². The number of carbonyl (C=O) groups is 1. The van der Waals surface area contributed by atoms with Gasteiger partial charge in [0.1, 0.15) is 0 Å².